The third kappa shape index (κ3) is 4.55. The van der Waals surface area contributed by atoms with E-state index in [-0.39, 0.29) is 18.7 Å². The number of carbonyl (C=O) groups excluding carboxylic acids is 1. The molecule has 0 aliphatic heterocycles. The Morgan fingerprint density at radius 2 is 2.00 bits per heavy atom. The molecular formula is C18H17FN2O2. The van der Waals surface area contributed by atoms with Crippen LogP contribution in [0.1, 0.15) is 23.6 Å². The number of nitrogens with zero attached hydrogens (tertiary/aromatic N) is 2. The molecule has 4 nitrogen and oxygen atoms in total. The monoisotopic (exact) mass is 312 g/mol. The minimum atomic E-state index is -0.502. The van der Waals surface area contributed by atoms with E-state index in [4.69, 9.17) is 10.00 Å². The summed E-state index contributed by atoms with van der Waals surface area (Å²) in [5.74, 6) is -0.502. The molecule has 0 heterocycles. The number of halogens is 1. The quantitative estimate of drug-likeness (QED) is 0.842. The fourth-order valence-electron chi connectivity index (χ4n) is 2.07. The van der Waals surface area contributed by atoms with Gasteiger partial charge in [0.15, 0.2) is 0 Å². The topological polar surface area (TPSA) is 53.3 Å². The molecule has 0 radical (unpaired) electrons. The van der Waals surface area contributed by atoms with Crippen molar-refractivity contribution in [3.63, 3.8) is 0 Å². The maximum absolute atomic E-state index is 13.9. The summed E-state index contributed by atoms with van der Waals surface area (Å²) in [4.78, 5) is 13.5. The predicted molar refractivity (Wildman–Crippen MR) is 83.8 cm³/mol. The average molecular weight is 312 g/mol. The molecule has 0 unspecified atom stereocenters. The molecule has 0 N–H and O–H groups in total. The number of rotatable bonds is 5. The lowest BCUT2D eigenvalue weighted by atomic mass is 10.1. The van der Waals surface area contributed by atoms with Gasteiger partial charge in [0.25, 0.3) is 0 Å². The van der Waals surface area contributed by atoms with Gasteiger partial charge in [-0.05, 0) is 24.6 Å². The first-order chi connectivity index (χ1) is 11.1. The zero-order valence-electron chi connectivity index (χ0n) is 12.8. The summed E-state index contributed by atoms with van der Waals surface area (Å²) in [7, 11) is 0. The first-order valence-corrected chi connectivity index (χ1v) is 7.28. The molecule has 23 heavy (non-hydrogen) atoms. The Kier molecular flexibility index (Phi) is 5.70. The summed E-state index contributed by atoms with van der Waals surface area (Å²) in [6, 6.07) is 15.4. The predicted octanol–water partition coefficient (Wildman–Crippen LogP) is 3.86. The standard InChI is InChI=1S/C18H17FN2O2/c1-2-21(12-16-9-8-15(11-20)10-17(16)19)18(22)23-13-14-6-4-3-5-7-14/h3-10H,2,12-13H2,1H3. The van der Waals surface area contributed by atoms with Crippen molar-refractivity contribution in [3.05, 3.63) is 71.0 Å². The molecule has 1 amide bonds. The zero-order valence-corrected chi connectivity index (χ0v) is 12.8. The van der Waals surface area contributed by atoms with Crippen LogP contribution in [0.15, 0.2) is 48.5 Å². The van der Waals surface area contributed by atoms with Gasteiger partial charge < -0.3 is 9.64 Å². The summed E-state index contributed by atoms with van der Waals surface area (Å²) >= 11 is 0. The van der Waals surface area contributed by atoms with Crippen LogP contribution >= 0.6 is 0 Å². The molecule has 2 aromatic rings. The number of carbonyl (C=O) groups is 1. The molecule has 0 saturated heterocycles. The molecule has 0 aliphatic carbocycles. The molecule has 2 aromatic carbocycles. The SMILES string of the molecule is CCN(Cc1ccc(C#N)cc1F)C(=O)OCc1ccccc1. The van der Waals surface area contributed by atoms with Crippen molar-refractivity contribution in [2.24, 2.45) is 0 Å². The summed E-state index contributed by atoms with van der Waals surface area (Å²) in [6.45, 7) is 2.46. The van der Waals surface area contributed by atoms with E-state index in [1.165, 1.54) is 23.1 Å². The fraction of sp³-hybridized carbons (Fsp3) is 0.222. The van der Waals surface area contributed by atoms with Gasteiger partial charge in [0.05, 0.1) is 18.2 Å². The highest BCUT2D eigenvalue weighted by atomic mass is 19.1. The molecule has 0 atom stereocenters. The van der Waals surface area contributed by atoms with E-state index in [2.05, 4.69) is 0 Å². The fourth-order valence-corrected chi connectivity index (χ4v) is 2.07. The van der Waals surface area contributed by atoms with Crippen LogP contribution < -0.4 is 0 Å². The molecule has 0 bridgehead atoms. The maximum atomic E-state index is 13.9. The van der Waals surface area contributed by atoms with Crippen LogP contribution in [0.2, 0.25) is 0 Å². The Morgan fingerprint density at radius 3 is 2.61 bits per heavy atom. The molecule has 0 fully saturated rings. The van der Waals surface area contributed by atoms with Gasteiger partial charge in [0.2, 0.25) is 0 Å². The Hall–Kier alpha value is -2.87. The van der Waals surface area contributed by atoms with E-state index in [9.17, 15) is 9.18 Å². The molecule has 0 spiro atoms. The highest BCUT2D eigenvalue weighted by Crippen LogP contribution is 2.14. The Morgan fingerprint density at radius 1 is 1.26 bits per heavy atom. The lowest BCUT2D eigenvalue weighted by Gasteiger charge is -2.20. The summed E-state index contributed by atoms with van der Waals surface area (Å²) in [6.07, 6.45) is -0.500. The van der Waals surface area contributed by atoms with Crippen LogP contribution in [0, 0.1) is 17.1 Å². The third-order valence-corrected chi connectivity index (χ3v) is 3.39. The van der Waals surface area contributed by atoms with E-state index in [0.717, 1.165) is 5.56 Å². The second-order valence-corrected chi connectivity index (χ2v) is 4.97. The van der Waals surface area contributed by atoms with E-state index in [1.54, 1.807) is 6.92 Å². The van der Waals surface area contributed by atoms with Gasteiger partial charge in [-0.2, -0.15) is 5.26 Å². The zero-order chi connectivity index (χ0) is 16.7. The first-order valence-electron chi connectivity index (χ1n) is 7.28. The van der Waals surface area contributed by atoms with Gasteiger partial charge in [0, 0.05) is 12.1 Å². The minimum absolute atomic E-state index is 0.0989. The highest BCUT2D eigenvalue weighted by molar-refractivity contribution is 5.67. The van der Waals surface area contributed by atoms with Crippen LogP contribution in [-0.2, 0) is 17.9 Å². The Balaban J connectivity index is 1.99. The van der Waals surface area contributed by atoms with Crippen molar-refractivity contribution in [3.8, 4) is 6.07 Å². The second-order valence-electron chi connectivity index (χ2n) is 4.97. The number of hydrogen-bond acceptors (Lipinski definition) is 3. The van der Waals surface area contributed by atoms with Gasteiger partial charge in [-0.15, -0.1) is 0 Å². The summed E-state index contributed by atoms with van der Waals surface area (Å²) in [5, 5.41) is 8.75. The Bertz CT molecular complexity index is 711. The van der Waals surface area contributed by atoms with Gasteiger partial charge >= 0.3 is 6.09 Å². The van der Waals surface area contributed by atoms with E-state index in [1.807, 2.05) is 36.4 Å². The van der Waals surface area contributed by atoms with Crippen molar-refractivity contribution in [2.45, 2.75) is 20.1 Å². The van der Waals surface area contributed by atoms with Crippen LogP contribution in [0.5, 0.6) is 0 Å². The van der Waals surface area contributed by atoms with E-state index < -0.39 is 11.9 Å². The third-order valence-electron chi connectivity index (χ3n) is 3.39. The van der Waals surface area contributed by atoms with E-state index >= 15 is 0 Å². The molecule has 0 saturated carbocycles. The number of nitriles is 1. The number of benzene rings is 2. The van der Waals surface area contributed by atoms with Crippen molar-refractivity contribution >= 4 is 6.09 Å². The van der Waals surface area contributed by atoms with Gasteiger partial charge in [-0.1, -0.05) is 36.4 Å². The lowest BCUT2D eigenvalue weighted by Crippen LogP contribution is -2.31. The molecule has 2 rings (SSSR count). The summed E-state index contributed by atoms with van der Waals surface area (Å²) < 4.78 is 19.2. The molecule has 0 aromatic heterocycles. The second kappa shape index (κ2) is 7.95. The number of hydrogen-bond donors (Lipinski definition) is 0. The summed E-state index contributed by atoms with van der Waals surface area (Å²) in [5.41, 5.74) is 1.49. The van der Waals surface area contributed by atoms with Crippen molar-refractivity contribution in [1.29, 1.82) is 5.26 Å². The maximum Gasteiger partial charge on any atom is 0.410 e. The Labute approximate surface area is 134 Å². The van der Waals surface area contributed by atoms with Gasteiger partial charge in [0.1, 0.15) is 12.4 Å². The molecule has 118 valence electrons. The first kappa shape index (κ1) is 16.5. The molecular weight excluding hydrogens is 295 g/mol. The van der Waals surface area contributed by atoms with Crippen molar-refractivity contribution in [1.82, 2.24) is 4.90 Å². The number of amides is 1. The van der Waals surface area contributed by atoms with Crippen LogP contribution in [-0.4, -0.2) is 17.5 Å². The average Bonchev–Trinajstić information content (AvgIpc) is 2.59. The van der Waals surface area contributed by atoms with Crippen molar-refractivity contribution < 1.29 is 13.9 Å². The highest BCUT2D eigenvalue weighted by Gasteiger charge is 2.16. The largest absolute Gasteiger partial charge is 0.445 e. The smallest absolute Gasteiger partial charge is 0.410 e. The van der Waals surface area contributed by atoms with Crippen molar-refractivity contribution in [2.75, 3.05) is 6.54 Å². The normalized spacial score (nSPS) is 9.96. The minimum Gasteiger partial charge on any atom is -0.445 e. The number of ether oxygens (including phenoxy) is 1. The van der Waals surface area contributed by atoms with Crippen LogP contribution in [0.25, 0.3) is 0 Å². The van der Waals surface area contributed by atoms with Crippen LogP contribution in [0.4, 0.5) is 9.18 Å². The van der Waals surface area contributed by atoms with Gasteiger partial charge in [-0.3, -0.25) is 0 Å². The van der Waals surface area contributed by atoms with E-state index in [0.29, 0.717) is 12.1 Å². The molecule has 0 aliphatic rings. The lowest BCUT2D eigenvalue weighted by molar-refractivity contribution is 0.0953. The molecule has 5 heteroatoms. The van der Waals surface area contributed by atoms with Gasteiger partial charge in [-0.25, -0.2) is 9.18 Å². The van der Waals surface area contributed by atoms with Crippen LogP contribution in [0.3, 0.4) is 0 Å².